The summed E-state index contributed by atoms with van der Waals surface area (Å²) < 4.78 is 68.6. The predicted octanol–water partition coefficient (Wildman–Crippen LogP) is 25.0. The van der Waals surface area contributed by atoms with Crippen LogP contribution in [0.15, 0.2) is 146 Å². The van der Waals surface area contributed by atoms with Gasteiger partial charge in [-0.05, 0) is 161 Å². The number of carbonyl (C=O) groups is 4. The highest BCUT2D eigenvalue weighted by Crippen LogP contribution is 2.45. The molecule has 0 heterocycles. The minimum atomic E-state index is -5.00. The summed E-state index contributed by atoms with van der Waals surface area (Å²) in [4.78, 5) is 73.2. The number of phosphoric acid groups is 2. The lowest BCUT2D eigenvalue weighted by Gasteiger charge is -2.21. The van der Waals surface area contributed by atoms with Crippen LogP contribution in [0.25, 0.3) is 0 Å². The Bertz CT molecular complexity index is 2610. The third kappa shape index (κ3) is 79.0. The molecule has 17 nitrogen and oxygen atoms in total. The summed E-state index contributed by atoms with van der Waals surface area (Å²) in [6.45, 7) is 4.60. The lowest BCUT2D eigenvalue weighted by atomic mass is 10.1. The van der Waals surface area contributed by atoms with Crippen molar-refractivity contribution in [2.24, 2.45) is 0 Å². The van der Waals surface area contributed by atoms with E-state index in [4.69, 9.17) is 37.0 Å². The van der Waals surface area contributed by atoms with Crippen molar-refractivity contribution in [1.29, 1.82) is 0 Å². The molecule has 0 aromatic rings. The van der Waals surface area contributed by atoms with Crippen LogP contribution in [0, 0.1) is 0 Å². The minimum absolute atomic E-state index is 0.0341. The van der Waals surface area contributed by atoms with Crippen LogP contribution >= 0.6 is 15.6 Å². The molecule has 19 heteroatoms. The van der Waals surface area contributed by atoms with Gasteiger partial charge in [-0.2, -0.15) is 0 Å². The van der Waals surface area contributed by atoms with Crippen LogP contribution in [-0.4, -0.2) is 96.7 Å². The van der Waals surface area contributed by atoms with Crippen LogP contribution in [0.3, 0.4) is 0 Å². The summed E-state index contributed by atoms with van der Waals surface area (Å²) in [5, 5.41) is 10.7. The van der Waals surface area contributed by atoms with Gasteiger partial charge in [0.05, 0.1) is 26.4 Å². The highest BCUT2D eigenvalue weighted by atomic mass is 31.2. The van der Waals surface area contributed by atoms with Crippen molar-refractivity contribution >= 4 is 39.5 Å². The molecule has 0 aliphatic carbocycles. The van der Waals surface area contributed by atoms with Gasteiger partial charge in [0.1, 0.15) is 19.3 Å². The van der Waals surface area contributed by atoms with Crippen LogP contribution in [0.5, 0.6) is 0 Å². The average molecular weight is 1550 g/mol. The van der Waals surface area contributed by atoms with Crippen molar-refractivity contribution in [3.05, 3.63) is 146 Å². The van der Waals surface area contributed by atoms with Gasteiger partial charge in [0.15, 0.2) is 12.2 Å². The standard InChI is InChI=1S/C89H150O17P2/c1-5-9-13-17-21-25-29-33-37-39-41-43-47-49-53-57-61-65-69-73-86(91)99-79-84(105-88(93)75-71-67-63-59-55-51-45-35-31-27-23-19-15-11-7-3)81-103-107(95,96)101-77-83(90)78-102-108(97,98)104-82-85(106-89(94)76-72-68-64-60-56-52-46-36-32-28-24-20-16-12-8-4)80-100-87(92)74-70-66-62-58-54-50-48-44-42-40-38-34-30-26-22-18-14-10-6-2/h9,13,21-22,25-28,31-34,37-38,41-44,49-50,53-54,62,66,83-85,90H,5-8,10-12,14-20,23-24,29-30,35-36,39-40,45-48,51-52,55-61,63-65,67-82H2,1-4H3,(H,95,96)(H,97,98)/b13-9-,25-21-,26-22-,31-27-,32-28-,37-33-,38-34-,43-41-,44-42-,53-49-,54-50-,66-62-/t83-,84-,85-/m1/s1. The second kappa shape index (κ2) is 80.0. The molecule has 5 atom stereocenters. The van der Waals surface area contributed by atoms with E-state index in [1.807, 2.05) is 12.2 Å². The van der Waals surface area contributed by atoms with Crippen molar-refractivity contribution in [2.45, 2.75) is 354 Å². The number of phosphoric ester groups is 2. The van der Waals surface area contributed by atoms with E-state index in [1.54, 1.807) is 0 Å². The van der Waals surface area contributed by atoms with Gasteiger partial charge in [-0.1, -0.05) is 296 Å². The molecule has 3 N–H and O–H groups in total. The van der Waals surface area contributed by atoms with Crippen LogP contribution < -0.4 is 0 Å². The molecule has 0 rings (SSSR count). The Labute approximate surface area is 656 Å². The summed E-state index contributed by atoms with van der Waals surface area (Å²) >= 11 is 0. The zero-order valence-electron chi connectivity index (χ0n) is 67.7. The highest BCUT2D eigenvalue weighted by molar-refractivity contribution is 7.47. The van der Waals surface area contributed by atoms with Gasteiger partial charge in [0, 0.05) is 25.7 Å². The number of carbonyl (C=O) groups excluding carboxylic acids is 4. The molecule has 0 bridgehead atoms. The van der Waals surface area contributed by atoms with E-state index < -0.39 is 97.5 Å². The van der Waals surface area contributed by atoms with Crippen molar-refractivity contribution in [1.82, 2.24) is 0 Å². The first-order valence-corrected chi connectivity index (χ1v) is 45.1. The molecular formula is C89H150O17P2. The molecule has 0 aromatic carbocycles. The van der Waals surface area contributed by atoms with E-state index in [1.165, 1.54) is 70.6 Å². The predicted molar refractivity (Wildman–Crippen MR) is 445 cm³/mol. The maximum atomic E-state index is 13.1. The van der Waals surface area contributed by atoms with Gasteiger partial charge in [-0.25, -0.2) is 9.13 Å². The molecule has 0 aromatic heterocycles. The fourth-order valence-electron chi connectivity index (χ4n) is 10.9. The Morgan fingerprint density at radius 3 is 0.833 bits per heavy atom. The molecule has 0 radical (unpaired) electrons. The summed E-state index contributed by atoms with van der Waals surface area (Å²) in [7, 11) is -10.0. The number of unbranched alkanes of at least 4 members (excludes halogenated alkanes) is 28. The van der Waals surface area contributed by atoms with Gasteiger partial charge >= 0.3 is 39.5 Å². The van der Waals surface area contributed by atoms with Crippen LogP contribution in [0.4, 0.5) is 0 Å². The maximum absolute atomic E-state index is 13.1. The molecule has 0 amide bonds. The monoisotopic (exact) mass is 1550 g/mol. The number of hydrogen-bond acceptors (Lipinski definition) is 15. The largest absolute Gasteiger partial charge is 0.472 e. The van der Waals surface area contributed by atoms with E-state index in [2.05, 4.69) is 161 Å². The SMILES string of the molecule is CC/C=C\C/C=C\C/C=C\C/C=C\C/C=C\CCCCCC(=O)OC[C@H](COP(=O)(O)OC[C@@H](O)COP(=O)(O)OC[C@@H](COC(=O)CC/C=C\C/C=C\C/C=C\C/C=C\C/C=C\CCCCC)OC(=O)CCCCCCCCC/C=C\CCCCCC)OC(=O)CCCCCCCCC/C=C\CCCCCC. The Morgan fingerprint density at radius 1 is 0.269 bits per heavy atom. The van der Waals surface area contributed by atoms with E-state index in [0.717, 1.165) is 180 Å². The first kappa shape index (κ1) is 103. The Hall–Kier alpha value is -5.06. The highest BCUT2D eigenvalue weighted by Gasteiger charge is 2.30. The number of ether oxygens (including phenoxy) is 4. The van der Waals surface area contributed by atoms with Crippen molar-refractivity contribution < 1.29 is 80.2 Å². The van der Waals surface area contributed by atoms with Gasteiger partial charge in [0.2, 0.25) is 0 Å². The van der Waals surface area contributed by atoms with Crippen molar-refractivity contribution in [3.63, 3.8) is 0 Å². The van der Waals surface area contributed by atoms with Gasteiger partial charge in [0.25, 0.3) is 0 Å². The van der Waals surface area contributed by atoms with E-state index >= 15 is 0 Å². The fraction of sp³-hybridized carbons (Fsp3) is 0.685. The summed E-state index contributed by atoms with van der Waals surface area (Å²) in [6, 6.07) is 0. The van der Waals surface area contributed by atoms with Crippen molar-refractivity contribution in [3.8, 4) is 0 Å². The average Bonchev–Trinajstić information content (AvgIpc) is 0.923. The minimum Gasteiger partial charge on any atom is -0.462 e. The number of aliphatic hydroxyl groups is 1. The second-order valence-electron chi connectivity index (χ2n) is 27.7. The van der Waals surface area contributed by atoms with Crippen LogP contribution in [0.1, 0.15) is 336 Å². The molecule has 108 heavy (non-hydrogen) atoms. The maximum Gasteiger partial charge on any atom is 0.472 e. The molecule has 618 valence electrons. The van der Waals surface area contributed by atoms with E-state index in [0.29, 0.717) is 32.1 Å². The molecule has 2 unspecified atom stereocenters. The molecule has 0 aliphatic rings. The first-order chi connectivity index (χ1) is 52.7. The summed E-state index contributed by atoms with van der Waals surface area (Å²) in [6.07, 6.45) is 92.5. The zero-order valence-corrected chi connectivity index (χ0v) is 69.5. The van der Waals surface area contributed by atoms with Crippen LogP contribution in [-0.2, 0) is 65.4 Å². The number of aliphatic hydroxyl groups excluding tert-OH is 1. The third-order valence-electron chi connectivity index (χ3n) is 17.3. The topological polar surface area (TPSA) is 237 Å². The van der Waals surface area contributed by atoms with Crippen molar-refractivity contribution in [2.75, 3.05) is 39.6 Å². The summed E-state index contributed by atoms with van der Waals surface area (Å²) in [5.74, 6) is -2.31. The number of hydrogen-bond donors (Lipinski definition) is 3. The number of esters is 4. The third-order valence-corrected chi connectivity index (χ3v) is 19.2. The molecule has 0 saturated carbocycles. The van der Waals surface area contributed by atoms with Gasteiger partial charge in [-0.3, -0.25) is 37.3 Å². The Balaban J connectivity index is 5.46. The lowest BCUT2D eigenvalue weighted by Crippen LogP contribution is -2.30. The van der Waals surface area contributed by atoms with E-state index in [-0.39, 0.29) is 25.7 Å². The van der Waals surface area contributed by atoms with Crippen LogP contribution in [0.2, 0.25) is 0 Å². The molecule has 0 spiro atoms. The molecular weight excluding hydrogens is 1400 g/mol. The fourth-order valence-corrected chi connectivity index (χ4v) is 12.4. The number of rotatable bonds is 78. The molecule has 0 aliphatic heterocycles. The normalized spacial score (nSPS) is 14.5. The lowest BCUT2D eigenvalue weighted by molar-refractivity contribution is -0.161. The first-order valence-electron chi connectivity index (χ1n) is 42.1. The Kier molecular flexibility index (Phi) is 76.3. The number of allylic oxidation sites excluding steroid dienone is 24. The van der Waals surface area contributed by atoms with Gasteiger partial charge in [-0.15, -0.1) is 0 Å². The second-order valence-corrected chi connectivity index (χ2v) is 30.6. The zero-order chi connectivity index (χ0) is 78.9. The van der Waals surface area contributed by atoms with E-state index in [9.17, 15) is 43.2 Å². The molecule has 0 saturated heterocycles. The smallest absolute Gasteiger partial charge is 0.462 e. The Morgan fingerprint density at radius 2 is 0.500 bits per heavy atom. The quantitative estimate of drug-likeness (QED) is 0.0169. The molecule has 0 fully saturated rings. The summed E-state index contributed by atoms with van der Waals surface area (Å²) in [5.41, 5.74) is 0. The van der Waals surface area contributed by atoms with Gasteiger partial charge < -0.3 is 33.8 Å².